The van der Waals surface area contributed by atoms with Crippen LogP contribution in [0, 0.1) is 0 Å². The Morgan fingerprint density at radius 1 is 1.26 bits per heavy atom. The first-order valence-electron chi connectivity index (χ1n) is 7.09. The number of carbonyl (C=O) groups excluding carboxylic acids is 1. The van der Waals surface area contributed by atoms with Gasteiger partial charge >= 0.3 is 6.03 Å². The molecule has 0 saturated heterocycles. The molecule has 1 unspecified atom stereocenters. The summed E-state index contributed by atoms with van der Waals surface area (Å²) in [6.45, 7) is 0.428. The van der Waals surface area contributed by atoms with Gasteiger partial charge in [0, 0.05) is 10.7 Å². The lowest BCUT2D eigenvalue weighted by atomic mass is 10.2. The lowest BCUT2D eigenvalue weighted by Gasteiger charge is -2.17. The Morgan fingerprint density at radius 3 is 2.70 bits per heavy atom. The van der Waals surface area contributed by atoms with Crippen LogP contribution in [0.15, 0.2) is 53.1 Å². The largest absolute Gasteiger partial charge is 0.394 e. The predicted octanol–water partition coefficient (Wildman–Crippen LogP) is 2.54. The Bertz CT molecular complexity index is 608. The van der Waals surface area contributed by atoms with Gasteiger partial charge in [-0.15, -0.1) is 0 Å². The van der Waals surface area contributed by atoms with Crippen LogP contribution < -0.4 is 10.6 Å². The number of hydrogen-bond donors (Lipinski definition) is 3. The second kappa shape index (κ2) is 9.24. The molecule has 23 heavy (non-hydrogen) atoms. The van der Waals surface area contributed by atoms with Crippen LogP contribution in [-0.4, -0.2) is 35.4 Å². The first-order chi connectivity index (χ1) is 11.2. The summed E-state index contributed by atoms with van der Waals surface area (Å²) in [5, 5.41) is 14.6. The van der Waals surface area contributed by atoms with Crippen molar-refractivity contribution in [2.24, 2.45) is 0 Å². The number of carbonyl (C=O) groups is 1. The fourth-order valence-corrected chi connectivity index (χ4v) is 2.06. The van der Waals surface area contributed by atoms with Crippen molar-refractivity contribution >= 4 is 27.8 Å². The molecule has 2 rings (SSSR count). The van der Waals surface area contributed by atoms with Gasteiger partial charge in [-0.1, -0.05) is 30.3 Å². The maximum absolute atomic E-state index is 11.9. The number of urea groups is 1. The van der Waals surface area contributed by atoms with Crippen LogP contribution in [0.2, 0.25) is 0 Å². The predicted molar refractivity (Wildman–Crippen MR) is 91.1 cm³/mol. The van der Waals surface area contributed by atoms with Crippen LogP contribution in [-0.2, 0) is 11.3 Å². The number of benzene rings is 1. The molecule has 122 valence electrons. The number of halogens is 1. The zero-order valence-corrected chi connectivity index (χ0v) is 14.0. The Balaban J connectivity index is 1.75. The fraction of sp³-hybridized carbons (Fsp3) is 0.250. The van der Waals surface area contributed by atoms with Crippen LogP contribution in [0.25, 0.3) is 0 Å². The van der Waals surface area contributed by atoms with Crippen LogP contribution in [0.1, 0.15) is 5.56 Å². The number of nitrogens with one attached hydrogen (secondary N) is 2. The molecule has 7 heteroatoms. The van der Waals surface area contributed by atoms with Crippen molar-refractivity contribution in [1.82, 2.24) is 10.3 Å². The molecule has 0 aliphatic rings. The minimum atomic E-state index is -0.492. The van der Waals surface area contributed by atoms with Crippen LogP contribution in [0.5, 0.6) is 0 Å². The second-order valence-corrected chi connectivity index (χ2v) is 5.76. The molecule has 3 N–H and O–H groups in total. The molecule has 1 aromatic carbocycles. The maximum atomic E-state index is 11.9. The summed E-state index contributed by atoms with van der Waals surface area (Å²) in [6.07, 6.45) is 1.59. The highest BCUT2D eigenvalue weighted by atomic mass is 79.9. The van der Waals surface area contributed by atoms with Gasteiger partial charge in [0.2, 0.25) is 0 Å². The topological polar surface area (TPSA) is 83.5 Å². The lowest BCUT2D eigenvalue weighted by molar-refractivity contribution is 0.0816. The van der Waals surface area contributed by atoms with Gasteiger partial charge in [-0.05, 0) is 33.6 Å². The molecule has 0 aliphatic carbocycles. The highest BCUT2D eigenvalue weighted by Crippen LogP contribution is 2.10. The van der Waals surface area contributed by atoms with E-state index in [1.54, 1.807) is 18.3 Å². The van der Waals surface area contributed by atoms with Crippen molar-refractivity contribution in [1.29, 1.82) is 0 Å². The number of nitrogens with zero attached hydrogens (tertiary/aromatic N) is 1. The van der Waals surface area contributed by atoms with E-state index in [2.05, 4.69) is 31.5 Å². The van der Waals surface area contributed by atoms with Crippen molar-refractivity contribution in [3.63, 3.8) is 0 Å². The van der Waals surface area contributed by atoms with Gasteiger partial charge in [0.25, 0.3) is 0 Å². The molecular formula is C16H18BrN3O3. The first kappa shape index (κ1) is 17.4. The van der Waals surface area contributed by atoms with Crippen molar-refractivity contribution in [3.8, 4) is 0 Å². The molecule has 2 aromatic rings. The number of pyridine rings is 1. The summed E-state index contributed by atoms with van der Waals surface area (Å²) in [5.41, 5.74) is 1.03. The number of anilines is 1. The van der Waals surface area contributed by atoms with Gasteiger partial charge < -0.3 is 15.2 Å². The molecule has 0 radical (unpaired) electrons. The first-order valence-corrected chi connectivity index (χ1v) is 7.88. The molecule has 1 aromatic heterocycles. The van der Waals surface area contributed by atoms with Gasteiger partial charge in [0.05, 0.1) is 25.9 Å². The molecule has 1 atom stereocenters. The SMILES string of the molecule is O=C(Nc1ccc(Br)cn1)NC(CO)COCc1ccccc1. The zero-order chi connectivity index (χ0) is 16.5. The molecule has 0 saturated carbocycles. The van der Waals surface area contributed by atoms with E-state index in [4.69, 9.17) is 4.74 Å². The smallest absolute Gasteiger partial charge is 0.320 e. The third kappa shape index (κ3) is 6.35. The zero-order valence-electron chi connectivity index (χ0n) is 12.4. The van der Waals surface area contributed by atoms with Gasteiger partial charge in [-0.25, -0.2) is 9.78 Å². The van der Waals surface area contributed by atoms with E-state index in [1.807, 2.05) is 30.3 Å². The Labute approximate surface area is 143 Å². The normalized spacial score (nSPS) is 11.7. The molecule has 6 nitrogen and oxygen atoms in total. The summed E-state index contributed by atoms with van der Waals surface area (Å²) in [7, 11) is 0. The standard InChI is InChI=1S/C16H18BrN3O3/c17-13-6-7-15(18-8-13)20-16(22)19-14(9-21)11-23-10-12-4-2-1-3-5-12/h1-8,14,21H,9-11H2,(H2,18,19,20,22). The number of amides is 2. The molecule has 0 aliphatic heterocycles. The number of ether oxygens (including phenoxy) is 1. The molecule has 1 heterocycles. The Kier molecular flexibility index (Phi) is 6.99. The van der Waals surface area contributed by atoms with Gasteiger partial charge in [0.1, 0.15) is 5.82 Å². The van der Waals surface area contributed by atoms with Crippen molar-refractivity contribution in [2.45, 2.75) is 12.6 Å². The number of aliphatic hydroxyl groups is 1. The number of hydrogen-bond acceptors (Lipinski definition) is 4. The Hall–Kier alpha value is -1.96. The third-order valence-corrected chi connectivity index (χ3v) is 3.42. The summed E-state index contributed by atoms with van der Waals surface area (Å²) in [6, 6.07) is 12.2. The van der Waals surface area contributed by atoms with Crippen LogP contribution in [0.4, 0.5) is 10.6 Å². The summed E-state index contributed by atoms with van der Waals surface area (Å²) < 4.78 is 6.34. The fourth-order valence-electron chi connectivity index (χ4n) is 1.82. The number of rotatable bonds is 7. The van der Waals surface area contributed by atoms with E-state index in [1.165, 1.54) is 0 Å². The molecule has 0 fully saturated rings. The second-order valence-electron chi connectivity index (χ2n) is 4.84. The van der Waals surface area contributed by atoms with E-state index >= 15 is 0 Å². The van der Waals surface area contributed by atoms with Gasteiger partial charge in [0.15, 0.2) is 0 Å². The van der Waals surface area contributed by atoms with Gasteiger partial charge in [-0.2, -0.15) is 0 Å². The highest BCUT2D eigenvalue weighted by Gasteiger charge is 2.12. The summed E-state index contributed by atoms with van der Waals surface area (Å²) >= 11 is 3.27. The maximum Gasteiger partial charge on any atom is 0.320 e. The third-order valence-electron chi connectivity index (χ3n) is 2.96. The Morgan fingerprint density at radius 2 is 2.04 bits per heavy atom. The molecule has 0 spiro atoms. The number of aromatic nitrogens is 1. The van der Waals surface area contributed by atoms with Crippen molar-refractivity contribution < 1.29 is 14.6 Å². The minimum Gasteiger partial charge on any atom is -0.394 e. The monoisotopic (exact) mass is 379 g/mol. The van der Waals surface area contributed by atoms with E-state index < -0.39 is 12.1 Å². The van der Waals surface area contributed by atoms with E-state index in [-0.39, 0.29) is 13.2 Å². The van der Waals surface area contributed by atoms with E-state index in [0.29, 0.717) is 12.4 Å². The van der Waals surface area contributed by atoms with Crippen LogP contribution >= 0.6 is 15.9 Å². The van der Waals surface area contributed by atoms with Crippen molar-refractivity contribution in [3.05, 3.63) is 58.7 Å². The summed E-state index contributed by atoms with van der Waals surface area (Å²) in [5.74, 6) is 0.424. The average Bonchev–Trinajstić information content (AvgIpc) is 2.57. The molecular weight excluding hydrogens is 362 g/mol. The summed E-state index contributed by atoms with van der Waals surface area (Å²) in [4.78, 5) is 15.9. The lowest BCUT2D eigenvalue weighted by Crippen LogP contribution is -2.43. The van der Waals surface area contributed by atoms with Crippen molar-refractivity contribution in [2.75, 3.05) is 18.5 Å². The molecule has 2 amide bonds. The molecule has 0 bridgehead atoms. The van der Waals surface area contributed by atoms with E-state index in [9.17, 15) is 9.90 Å². The van der Waals surface area contributed by atoms with Gasteiger partial charge in [-0.3, -0.25) is 5.32 Å². The van der Waals surface area contributed by atoms with E-state index in [0.717, 1.165) is 10.0 Å². The minimum absolute atomic E-state index is 0.212. The quantitative estimate of drug-likeness (QED) is 0.690. The van der Waals surface area contributed by atoms with Crippen LogP contribution in [0.3, 0.4) is 0 Å². The number of aliphatic hydroxyl groups excluding tert-OH is 1. The average molecular weight is 380 g/mol. The highest BCUT2D eigenvalue weighted by molar-refractivity contribution is 9.10.